The van der Waals surface area contributed by atoms with Gasteiger partial charge in [-0.05, 0) is 36.8 Å². The molecular formula is C26H21ClN4O4. The van der Waals surface area contributed by atoms with Gasteiger partial charge in [-0.2, -0.15) is 5.26 Å². The van der Waals surface area contributed by atoms with E-state index in [1.54, 1.807) is 60.7 Å². The highest BCUT2D eigenvalue weighted by atomic mass is 35.5. The average molecular weight is 489 g/mol. The molecule has 3 aromatic carbocycles. The molecule has 0 saturated carbocycles. The SMILES string of the molecule is C[C@@H]1N[C@]2(C(=O)Nc3ccccc32)[C@H]([N+](=O)[O-])[C@@H]1c1ccc(OCc2ccccc2C#N)c(Cl)c1. The fraction of sp³-hybridized carbons (Fsp3) is 0.231. The molecule has 8 nitrogen and oxygen atoms in total. The molecule has 2 N–H and O–H groups in total. The predicted octanol–water partition coefficient (Wildman–Crippen LogP) is 4.36. The topological polar surface area (TPSA) is 117 Å². The molecule has 0 bridgehead atoms. The fourth-order valence-electron chi connectivity index (χ4n) is 5.31. The van der Waals surface area contributed by atoms with Gasteiger partial charge in [0.25, 0.3) is 11.9 Å². The number of ether oxygens (including phenoxy) is 1. The molecule has 1 fully saturated rings. The smallest absolute Gasteiger partial charge is 0.256 e. The zero-order valence-electron chi connectivity index (χ0n) is 18.7. The molecule has 1 saturated heterocycles. The van der Waals surface area contributed by atoms with E-state index in [0.717, 1.165) is 5.56 Å². The summed E-state index contributed by atoms with van der Waals surface area (Å²) >= 11 is 6.52. The highest BCUT2D eigenvalue weighted by Gasteiger charge is 2.67. The Morgan fingerprint density at radius 1 is 1.17 bits per heavy atom. The molecule has 2 heterocycles. The van der Waals surface area contributed by atoms with Gasteiger partial charge in [-0.1, -0.05) is 54.1 Å². The Balaban J connectivity index is 1.47. The number of nitriles is 1. The average Bonchev–Trinajstić information content (AvgIpc) is 3.32. The number of halogens is 1. The molecule has 0 unspecified atom stereocenters. The van der Waals surface area contributed by atoms with Crippen molar-refractivity contribution in [1.82, 2.24) is 5.32 Å². The maximum atomic E-state index is 13.1. The van der Waals surface area contributed by atoms with E-state index in [1.807, 2.05) is 13.0 Å². The van der Waals surface area contributed by atoms with Gasteiger partial charge < -0.3 is 10.1 Å². The van der Waals surface area contributed by atoms with Gasteiger partial charge in [-0.15, -0.1) is 0 Å². The summed E-state index contributed by atoms with van der Waals surface area (Å²) in [5.74, 6) is -0.650. The van der Waals surface area contributed by atoms with Crippen molar-refractivity contribution in [3.63, 3.8) is 0 Å². The number of hydrogen-bond donors (Lipinski definition) is 2. The standard InChI is InChI=1S/C26H21ClN4O4/c1-15-23(24(31(33)34)26(30-15)19-8-4-5-9-21(19)29-25(26)32)16-10-11-22(20(27)12-16)35-14-18-7-3-2-6-17(18)13-28/h2-12,15,23-24,30H,14H2,1H3,(H,29,32)/t15-,23-,24+,26-/m0/s1. The molecule has 2 aliphatic rings. The number of nitrogens with one attached hydrogen (secondary N) is 2. The first-order valence-corrected chi connectivity index (χ1v) is 11.5. The number of rotatable bonds is 5. The van der Waals surface area contributed by atoms with E-state index in [0.29, 0.717) is 33.1 Å². The van der Waals surface area contributed by atoms with Crippen LogP contribution in [0.15, 0.2) is 66.7 Å². The van der Waals surface area contributed by atoms with Crippen molar-refractivity contribution >= 4 is 23.2 Å². The van der Waals surface area contributed by atoms with Crippen molar-refractivity contribution in [2.75, 3.05) is 5.32 Å². The molecule has 1 amide bonds. The van der Waals surface area contributed by atoms with Crippen molar-refractivity contribution in [2.24, 2.45) is 0 Å². The third-order valence-electron chi connectivity index (χ3n) is 6.83. The van der Waals surface area contributed by atoms with E-state index >= 15 is 0 Å². The minimum absolute atomic E-state index is 0.155. The molecule has 0 radical (unpaired) electrons. The number of amides is 1. The van der Waals surface area contributed by atoms with E-state index < -0.39 is 23.4 Å². The predicted molar refractivity (Wildman–Crippen MR) is 130 cm³/mol. The fourth-order valence-corrected chi connectivity index (χ4v) is 5.55. The van der Waals surface area contributed by atoms with E-state index in [9.17, 15) is 20.2 Å². The van der Waals surface area contributed by atoms with Crippen LogP contribution in [-0.4, -0.2) is 22.9 Å². The maximum Gasteiger partial charge on any atom is 0.256 e. The van der Waals surface area contributed by atoms with Gasteiger partial charge in [0, 0.05) is 27.8 Å². The number of hydrogen-bond acceptors (Lipinski definition) is 6. The first kappa shape index (κ1) is 22.8. The van der Waals surface area contributed by atoms with Crippen LogP contribution < -0.4 is 15.4 Å². The molecule has 35 heavy (non-hydrogen) atoms. The quantitative estimate of drug-likeness (QED) is 0.407. The third-order valence-corrected chi connectivity index (χ3v) is 7.12. The van der Waals surface area contributed by atoms with E-state index in [4.69, 9.17) is 16.3 Å². The van der Waals surface area contributed by atoms with Gasteiger partial charge in [0.1, 0.15) is 12.4 Å². The number of nitro groups is 1. The number of para-hydroxylation sites is 1. The van der Waals surface area contributed by atoms with Crippen LogP contribution in [0, 0.1) is 21.4 Å². The van der Waals surface area contributed by atoms with Gasteiger partial charge in [-0.3, -0.25) is 20.2 Å². The minimum Gasteiger partial charge on any atom is -0.487 e. The summed E-state index contributed by atoms with van der Waals surface area (Å²) in [6, 6.07) is 19.7. The monoisotopic (exact) mass is 488 g/mol. The van der Waals surface area contributed by atoms with Crippen LogP contribution in [0.2, 0.25) is 5.02 Å². The van der Waals surface area contributed by atoms with Gasteiger partial charge in [-0.25, -0.2) is 0 Å². The van der Waals surface area contributed by atoms with Crippen molar-refractivity contribution in [1.29, 1.82) is 5.26 Å². The summed E-state index contributed by atoms with van der Waals surface area (Å²) in [5.41, 5.74) is 1.54. The van der Waals surface area contributed by atoms with Crippen LogP contribution in [0.3, 0.4) is 0 Å². The van der Waals surface area contributed by atoms with Crippen LogP contribution in [0.1, 0.15) is 35.1 Å². The molecule has 2 aliphatic heterocycles. The second-order valence-corrected chi connectivity index (χ2v) is 9.15. The van der Waals surface area contributed by atoms with Crippen molar-refractivity contribution in [2.45, 2.75) is 37.1 Å². The largest absolute Gasteiger partial charge is 0.487 e. The summed E-state index contributed by atoms with van der Waals surface area (Å²) in [4.78, 5) is 25.2. The molecule has 1 spiro atoms. The highest BCUT2D eigenvalue weighted by Crippen LogP contribution is 2.50. The summed E-state index contributed by atoms with van der Waals surface area (Å²) in [7, 11) is 0. The lowest BCUT2D eigenvalue weighted by Gasteiger charge is -2.25. The van der Waals surface area contributed by atoms with Crippen LogP contribution >= 0.6 is 11.6 Å². The Bertz CT molecular complexity index is 1390. The molecule has 3 aromatic rings. The van der Waals surface area contributed by atoms with Gasteiger partial charge in [0.15, 0.2) is 5.54 Å². The second kappa shape index (κ2) is 8.69. The zero-order chi connectivity index (χ0) is 24.7. The minimum atomic E-state index is -1.48. The Kier molecular flexibility index (Phi) is 5.67. The summed E-state index contributed by atoms with van der Waals surface area (Å²) in [6.07, 6.45) is 0. The molecule has 9 heteroatoms. The van der Waals surface area contributed by atoms with Crippen molar-refractivity contribution < 1.29 is 14.5 Å². The lowest BCUT2D eigenvalue weighted by atomic mass is 9.78. The van der Waals surface area contributed by atoms with Crippen LogP contribution in [-0.2, 0) is 16.9 Å². The molecule has 0 aliphatic carbocycles. The molecule has 4 atom stereocenters. The number of carbonyl (C=O) groups is 1. The lowest BCUT2D eigenvalue weighted by molar-refractivity contribution is -0.532. The highest BCUT2D eigenvalue weighted by molar-refractivity contribution is 6.32. The number of benzene rings is 3. The van der Waals surface area contributed by atoms with Gasteiger partial charge >= 0.3 is 0 Å². The zero-order valence-corrected chi connectivity index (χ0v) is 19.5. The summed E-state index contributed by atoms with van der Waals surface area (Å²) in [6.45, 7) is 1.99. The van der Waals surface area contributed by atoms with Crippen LogP contribution in [0.4, 0.5) is 5.69 Å². The number of fused-ring (bicyclic) bond motifs is 2. The van der Waals surface area contributed by atoms with E-state index in [1.165, 1.54) is 0 Å². The summed E-state index contributed by atoms with van der Waals surface area (Å²) < 4.78 is 5.84. The Morgan fingerprint density at radius 2 is 1.91 bits per heavy atom. The number of nitrogens with zero attached hydrogens (tertiary/aromatic N) is 2. The Hall–Kier alpha value is -3.93. The van der Waals surface area contributed by atoms with Crippen LogP contribution in [0.25, 0.3) is 0 Å². The van der Waals surface area contributed by atoms with Crippen LogP contribution in [0.5, 0.6) is 5.75 Å². The molecule has 5 rings (SSSR count). The Morgan fingerprint density at radius 3 is 2.66 bits per heavy atom. The first-order chi connectivity index (χ1) is 16.9. The van der Waals surface area contributed by atoms with E-state index in [2.05, 4.69) is 16.7 Å². The number of carbonyl (C=O) groups excluding carboxylic acids is 1. The van der Waals surface area contributed by atoms with Crippen molar-refractivity contribution in [3.8, 4) is 11.8 Å². The third kappa shape index (κ3) is 3.60. The normalized spacial score (nSPS) is 24.6. The first-order valence-electron chi connectivity index (χ1n) is 11.1. The lowest BCUT2D eigenvalue weighted by Crippen LogP contribution is -2.54. The maximum absolute atomic E-state index is 13.1. The summed E-state index contributed by atoms with van der Waals surface area (Å²) in [5, 5.41) is 28.0. The molecule has 0 aromatic heterocycles. The van der Waals surface area contributed by atoms with Gasteiger partial charge in [0.2, 0.25) is 0 Å². The Labute approximate surface area is 206 Å². The van der Waals surface area contributed by atoms with Crippen molar-refractivity contribution in [3.05, 3.63) is 104 Å². The number of anilines is 1. The molecule has 176 valence electrons. The molecular weight excluding hydrogens is 468 g/mol. The van der Waals surface area contributed by atoms with Gasteiger partial charge in [0.05, 0.1) is 22.6 Å². The second-order valence-electron chi connectivity index (χ2n) is 8.74. The van der Waals surface area contributed by atoms with E-state index in [-0.39, 0.29) is 17.6 Å².